The summed E-state index contributed by atoms with van der Waals surface area (Å²) in [7, 11) is 0. The number of halogens is 1. The fraction of sp³-hybridized carbons (Fsp3) is 0.364. The van der Waals surface area contributed by atoms with Gasteiger partial charge >= 0.3 is 0 Å². The van der Waals surface area contributed by atoms with Gasteiger partial charge in [-0.15, -0.1) is 0 Å². The molecule has 2 rings (SSSR count). The van der Waals surface area contributed by atoms with Gasteiger partial charge in [0.2, 0.25) is 5.91 Å². The zero-order valence-electron chi connectivity index (χ0n) is 9.48. The topological polar surface area (TPSA) is 84.3 Å². The third kappa shape index (κ3) is 3.33. The average Bonchev–Trinajstić information content (AvgIpc) is 3.10. The zero-order chi connectivity index (χ0) is 13.1. The lowest BCUT2D eigenvalue weighted by atomic mass is 10.2. The normalized spacial score (nSPS) is 14.1. The second kappa shape index (κ2) is 5.22. The van der Waals surface area contributed by atoms with Gasteiger partial charge in [0.05, 0.1) is 11.5 Å². The summed E-state index contributed by atoms with van der Waals surface area (Å²) < 4.78 is 0. The van der Waals surface area contributed by atoms with E-state index >= 15 is 0 Å². The highest BCUT2D eigenvalue weighted by molar-refractivity contribution is 6.31. The number of amides is 1. The number of nitrogens with zero attached hydrogens (tertiary/aromatic N) is 1. The van der Waals surface area contributed by atoms with Gasteiger partial charge in [0.25, 0.3) is 5.69 Å². The van der Waals surface area contributed by atoms with Gasteiger partial charge < -0.3 is 10.6 Å². The van der Waals surface area contributed by atoms with Crippen molar-refractivity contribution in [3.8, 4) is 0 Å². The molecule has 1 aromatic carbocycles. The first kappa shape index (κ1) is 12.6. The van der Waals surface area contributed by atoms with Crippen molar-refractivity contribution in [1.82, 2.24) is 5.32 Å². The lowest BCUT2D eigenvalue weighted by molar-refractivity contribution is -0.383. The number of anilines is 1. The van der Waals surface area contributed by atoms with E-state index in [1.165, 1.54) is 18.2 Å². The van der Waals surface area contributed by atoms with Gasteiger partial charge in [-0.05, 0) is 25.0 Å². The Kier molecular flexibility index (Phi) is 3.66. The van der Waals surface area contributed by atoms with E-state index in [2.05, 4.69) is 10.6 Å². The fourth-order valence-electron chi connectivity index (χ4n) is 1.49. The van der Waals surface area contributed by atoms with Crippen molar-refractivity contribution < 1.29 is 9.72 Å². The van der Waals surface area contributed by atoms with E-state index in [0.717, 1.165) is 12.8 Å². The van der Waals surface area contributed by atoms with E-state index in [1.807, 2.05) is 0 Å². The van der Waals surface area contributed by atoms with Gasteiger partial charge in [0.15, 0.2) is 0 Å². The third-order valence-electron chi connectivity index (χ3n) is 2.54. The lowest BCUT2D eigenvalue weighted by Gasteiger charge is -2.07. The van der Waals surface area contributed by atoms with Crippen LogP contribution < -0.4 is 10.6 Å². The van der Waals surface area contributed by atoms with Crippen molar-refractivity contribution in [2.24, 2.45) is 0 Å². The molecule has 0 saturated heterocycles. The first-order valence-electron chi connectivity index (χ1n) is 5.53. The summed E-state index contributed by atoms with van der Waals surface area (Å²) in [5.41, 5.74) is 0.150. The largest absolute Gasteiger partial charge is 0.371 e. The Bertz CT molecular complexity index is 488. The van der Waals surface area contributed by atoms with Crippen molar-refractivity contribution in [2.75, 3.05) is 11.9 Å². The molecular formula is C11H12ClN3O3. The summed E-state index contributed by atoms with van der Waals surface area (Å²) in [6.07, 6.45) is 2.01. The highest BCUT2D eigenvalue weighted by atomic mass is 35.5. The number of hydrogen-bond donors (Lipinski definition) is 2. The van der Waals surface area contributed by atoms with Crippen molar-refractivity contribution in [3.63, 3.8) is 0 Å². The number of carbonyl (C=O) groups excluding carboxylic acids is 1. The van der Waals surface area contributed by atoms with Gasteiger partial charge in [-0.25, -0.2) is 0 Å². The molecule has 0 radical (unpaired) electrons. The van der Waals surface area contributed by atoms with Gasteiger partial charge in [-0.2, -0.15) is 0 Å². The van der Waals surface area contributed by atoms with E-state index in [9.17, 15) is 14.9 Å². The SMILES string of the molecule is O=C(CNc1cc(Cl)ccc1[N+](=O)[O-])NC1CC1. The molecule has 1 aliphatic carbocycles. The molecular weight excluding hydrogens is 258 g/mol. The number of rotatable bonds is 5. The average molecular weight is 270 g/mol. The highest BCUT2D eigenvalue weighted by Gasteiger charge is 2.23. The Labute approximate surface area is 108 Å². The highest BCUT2D eigenvalue weighted by Crippen LogP contribution is 2.27. The summed E-state index contributed by atoms with van der Waals surface area (Å²) in [5.74, 6) is -0.174. The number of carbonyl (C=O) groups is 1. The molecule has 1 aliphatic rings. The molecule has 0 bridgehead atoms. The first-order valence-corrected chi connectivity index (χ1v) is 5.91. The summed E-state index contributed by atoms with van der Waals surface area (Å²) in [6.45, 7) is -0.00230. The molecule has 1 saturated carbocycles. The van der Waals surface area contributed by atoms with Crippen molar-refractivity contribution in [1.29, 1.82) is 0 Å². The molecule has 96 valence electrons. The van der Waals surface area contributed by atoms with E-state index < -0.39 is 4.92 Å². The molecule has 1 amide bonds. The second-order valence-corrected chi connectivity index (χ2v) is 4.55. The number of benzene rings is 1. The third-order valence-corrected chi connectivity index (χ3v) is 2.77. The zero-order valence-corrected chi connectivity index (χ0v) is 10.2. The molecule has 1 aromatic rings. The van der Waals surface area contributed by atoms with Gasteiger partial charge in [-0.1, -0.05) is 11.6 Å². The van der Waals surface area contributed by atoms with E-state index in [-0.39, 0.29) is 29.9 Å². The molecule has 0 heterocycles. The van der Waals surface area contributed by atoms with Crippen LogP contribution in [-0.2, 0) is 4.79 Å². The Morgan fingerprint density at radius 1 is 1.50 bits per heavy atom. The molecule has 0 aromatic heterocycles. The Balaban J connectivity index is 2.00. The van der Waals surface area contributed by atoms with Gasteiger partial charge in [0, 0.05) is 17.1 Å². The fourth-order valence-corrected chi connectivity index (χ4v) is 1.66. The van der Waals surface area contributed by atoms with E-state index in [0.29, 0.717) is 5.02 Å². The van der Waals surface area contributed by atoms with Crippen LogP contribution in [0.2, 0.25) is 5.02 Å². The Hall–Kier alpha value is -1.82. The minimum absolute atomic E-state index is 0.00230. The van der Waals surface area contributed by atoms with Crippen LogP contribution in [0.5, 0.6) is 0 Å². The maximum atomic E-state index is 11.5. The predicted molar refractivity (Wildman–Crippen MR) is 67.8 cm³/mol. The minimum Gasteiger partial charge on any atom is -0.371 e. The van der Waals surface area contributed by atoms with Crippen LogP contribution in [0.25, 0.3) is 0 Å². The molecule has 0 spiro atoms. The molecule has 6 nitrogen and oxygen atoms in total. The van der Waals surface area contributed by atoms with Crippen LogP contribution in [0.1, 0.15) is 12.8 Å². The van der Waals surface area contributed by atoms with Crippen molar-refractivity contribution >= 4 is 28.9 Å². The van der Waals surface area contributed by atoms with Crippen LogP contribution in [0, 0.1) is 10.1 Å². The summed E-state index contributed by atoms with van der Waals surface area (Å²) in [6, 6.07) is 4.46. The summed E-state index contributed by atoms with van der Waals surface area (Å²) >= 11 is 5.77. The van der Waals surface area contributed by atoms with Crippen LogP contribution in [-0.4, -0.2) is 23.4 Å². The number of hydrogen-bond acceptors (Lipinski definition) is 4. The molecule has 18 heavy (non-hydrogen) atoms. The quantitative estimate of drug-likeness (QED) is 0.632. The Morgan fingerprint density at radius 3 is 2.83 bits per heavy atom. The maximum absolute atomic E-state index is 11.5. The molecule has 0 atom stereocenters. The minimum atomic E-state index is -0.516. The van der Waals surface area contributed by atoms with Crippen LogP contribution in [0.4, 0.5) is 11.4 Å². The molecule has 0 aliphatic heterocycles. The lowest BCUT2D eigenvalue weighted by Crippen LogP contribution is -2.31. The predicted octanol–water partition coefficient (Wildman–Crippen LogP) is 1.94. The Morgan fingerprint density at radius 2 is 2.22 bits per heavy atom. The van der Waals surface area contributed by atoms with Crippen LogP contribution in [0.15, 0.2) is 18.2 Å². The van der Waals surface area contributed by atoms with E-state index in [1.54, 1.807) is 0 Å². The second-order valence-electron chi connectivity index (χ2n) is 4.11. The van der Waals surface area contributed by atoms with Gasteiger partial charge in [0.1, 0.15) is 5.69 Å². The van der Waals surface area contributed by atoms with E-state index in [4.69, 9.17) is 11.6 Å². The monoisotopic (exact) mass is 269 g/mol. The van der Waals surface area contributed by atoms with Crippen molar-refractivity contribution in [3.05, 3.63) is 33.3 Å². The molecule has 7 heteroatoms. The smallest absolute Gasteiger partial charge is 0.292 e. The number of nitrogens with one attached hydrogen (secondary N) is 2. The van der Waals surface area contributed by atoms with Crippen LogP contribution in [0.3, 0.4) is 0 Å². The van der Waals surface area contributed by atoms with Gasteiger partial charge in [-0.3, -0.25) is 14.9 Å². The summed E-state index contributed by atoms with van der Waals surface area (Å²) in [5, 5.41) is 16.7. The first-order chi connectivity index (χ1) is 8.56. The van der Waals surface area contributed by atoms with Crippen LogP contribution >= 0.6 is 11.6 Å². The summed E-state index contributed by atoms with van der Waals surface area (Å²) in [4.78, 5) is 21.7. The number of nitro groups is 1. The number of nitro benzene ring substituents is 1. The molecule has 1 fully saturated rings. The standard InChI is InChI=1S/C11H12ClN3O3/c12-7-1-4-10(15(17)18)9(5-7)13-6-11(16)14-8-2-3-8/h1,4-5,8,13H,2-3,6H2,(H,14,16). The molecule has 2 N–H and O–H groups in total. The maximum Gasteiger partial charge on any atom is 0.292 e. The molecule has 0 unspecified atom stereocenters. The van der Waals surface area contributed by atoms with Crippen molar-refractivity contribution in [2.45, 2.75) is 18.9 Å².